The van der Waals surface area contributed by atoms with E-state index in [9.17, 15) is 9.59 Å². The molecule has 2 N–H and O–H groups in total. The van der Waals surface area contributed by atoms with Gasteiger partial charge in [0.15, 0.2) is 0 Å². The van der Waals surface area contributed by atoms with Crippen molar-refractivity contribution in [2.75, 3.05) is 6.61 Å². The molecule has 3 aromatic rings. The number of thiophene rings is 1. The molecule has 0 aliphatic carbocycles. The molecular formula is C26H28N2O3S. The minimum atomic E-state index is -0.366. The van der Waals surface area contributed by atoms with Crippen LogP contribution in [0.25, 0.3) is 6.08 Å². The Kier molecular flexibility index (Phi) is 7.84. The number of carbonyl (C=O) groups is 2. The fourth-order valence-electron chi connectivity index (χ4n) is 2.94. The summed E-state index contributed by atoms with van der Waals surface area (Å²) in [4.78, 5) is 26.5. The average molecular weight is 449 g/mol. The van der Waals surface area contributed by atoms with Crippen LogP contribution in [-0.4, -0.2) is 24.5 Å². The Hall–Kier alpha value is -3.38. The molecule has 0 radical (unpaired) electrons. The van der Waals surface area contributed by atoms with Gasteiger partial charge in [-0.1, -0.05) is 29.8 Å². The van der Waals surface area contributed by atoms with Crippen molar-refractivity contribution in [1.29, 1.82) is 0 Å². The first-order chi connectivity index (χ1) is 15.3. The molecule has 1 heterocycles. The maximum absolute atomic E-state index is 13.0. The summed E-state index contributed by atoms with van der Waals surface area (Å²) in [6.07, 6.45) is 1.68. The zero-order chi connectivity index (χ0) is 23.1. The highest BCUT2D eigenvalue weighted by Crippen LogP contribution is 2.17. The van der Waals surface area contributed by atoms with Crippen LogP contribution in [0.2, 0.25) is 0 Å². The zero-order valence-corrected chi connectivity index (χ0v) is 19.6. The van der Waals surface area contributed by atoms with E-state index in [0.717, 1.165) is 21.8 Å². The Bertz CT molecular complexity index is 1100. The fraction of sp³-hybridized carbons (Fsp3) is 0.231. The molecule has 0 saturated carbocycles. The third-order valence-electron chi connectivity index (χ3n) is 4.99. The molecule has 0 fully saturated rings. The van der Waals surface area contributed by atoms with Gasteiger partial charge in [0, 0.05) is 10.4 Å². The van der Waals surface area contributed by atoms with Crippen LogP contribution in [-0.2, 0) is 4.79 Å². The van der Waals surface area contributed by atoms with Gasteiger partial charge in [0.25, 0.3) is 11.8 Å². The smallest absolute Gasteiger partial charge is 0.268 e. The summed E-state index contributed by atoms with van der Waals surface area (Å²) in [5.74, 6) is 0.0632. The number of hydrogen-bond donors (Lipinski definition) is 2. The molecule has 32 heavy (non-hydrogen) atoms. The van der Waals surface area contributed by atoms with Gasteiger partial charge in [-0.2, -0.15) is 0 Å². The Labute approximate surface area is 193 Å². The van der Waals surface area contributed by atoms with Crippen molar-refractivity contribution >= 4 is 29.2 Å². The Morgan fingerprint density at radius 3 is 2.44 bits per heavy atom. The van der Waals surface area contributed by atoms with Crippen molar-refractivity contribution in [3.05, 3.63) is 92.8 Å². The lowest BCUT2D eigenvalue weighted by molar-refractivity contribution is -0.118. The molecule has 0 unspecified atom stereocenters. The van der Waals surface area contributed by atoms with Crippen LogP contribution in [0.1, 0.15) is 38.8 Å². The van der Waals surface area contributed by atoms with E-state index in [-0.39, 0.29) is 23.6 Å². The average Bonchev–Trinajstić information content (AvgIpc) is 3.27. The summed E-state index contributed by atoms with van der Waals surface area (Å²) in [7, 11) is 0. The first-order valence-electron chi connectivity index (χ1n) is 10.5. The van der Waals surface area contributed by atoms with Gasteiger partial charge >= 0.3 is 0 Å². The molecule has 1 atom stereocenters. The van der Waals surface area contributed by atoms with Gasteiger partial charge in [-0.25, -0.2) is 0 Å². The first kappa shape index (κ1) is 23.3. The van der Waals surface area contributed by atoms with E-state index in [1.54, 1.807) is 18.2 Å². The van der Waals surface area contributed by atoms with E-state index in [1.807, 2.05) is 75.5 Å². The van der Waals surface area contributed by atoms with Gasteiger partial charge < -0.3 is 15.4 Å². The lowest BCUT2D eigenvalue weighted by Gasteiger charge is -2.17. The maximum Gasteiger partial charge on any atom is 0.268 e. The maximum atomic E-state index is 13.0. The van der Waals surface area contributed by atoms with Crippen molar-refractivity contribution in [1.82, 2.24) is 10.6 Å². The number of amides is 2. The van der Waals surface area contributed by atoms with Gasteiger partial charge in [0.05, 0.1) is 6.04 Å². The minimum absolute atomic E-state index is 0.191. The highest BCUT2D eigenvalue weighted by Gasteiger charge is 2.17. The summed E-state index contributed by atoms with van der Waals surface area (Å²) in [5, 5.41) is 7.59. The summed E-state index contributed by atoms with van der Waals surface area (Å²) < 4.78 is 5.83. The molecule has 2 aromatic carbocycles. The summed E-state index contributed by atoms with van der Waals surface area (Å²) >= 11 is 1.49. The molecule has 0 aliphatic rings. The van der Waals surface area contributed by atoms with E-state index in [1.165, 1.54) is 16.9 Å². The number of benzene rings is 2. The van der Waals surface area contributed by atoms with Crippen LogP contribution in [0.15, 0.2) is 65.7 Å². The highest BCUT2D eigenvalue weighted by molar-refractivity contribution is 7.10. The van der Waals surface area contributed by atoms with Crippen molar-refractivity contribution in [2.45, 2.75) is 33.7 Å². The molecule has 6 heteroatoms. The lowest BCUT2D eigenvalue weighted by Crippen LogP contribution is -2.41. The van der Waals surface area contributed by atoms with Crippen LogP contribution >= 0.6 is 11.3 Å². The quantitative estimate of drug-likeness (QED) is 0.475. The second kappa shape index (κ2) is 10.8. The molecule has 1 aromatic heterocycles. The molecule has 166 valence electrons. The number of ether oxygens (including phenoxy) is 1. The van der Waals surface area contributed by atoms with Crippen molar-refractivity contribution in [2.24, 2.45) is 0 Å². The summed E-state index contributed by atoms with van der Waals surface area (Å²) in [6, 6.07) is 16.7. The van der Waals surface area contributed by atoms with Gasteiger partial charge in [-0.05, 0) is 80.6 Å². The minimum Gasteiger partial charge on any atom is -0.491 e. The van der Waals surface area contributed by atoms with Crippen LogP contribution in [0.4, 0.5) is 0 Å². The number of aryl methyl sites for hydroxylation is 3. The van der Waals surface area contributed by atoms with E-state index in [4.69, 9.17) is 4.74 Å². The van der Waals surface area contributed by atoms with Gasteiger partial charge in [0.1, 0.15) is 18.1 Å². The molecule has 3 rings (SSSR count). The molecular weight excluding hydrogens is 420 g/mol. The predicted molar refractivity (Wildman–Crippen MR) is 130 cm³/mol. The second-order valence-electron chi connectivity index (χ2n) is 7.83. The molecule has 5 nitrogen and oxygen atoms in total. The normalized spacial score (nSPS) is 12.2. The van der Waals surface area contributed by atoms with Crippen LogP contribution in [0, 0.1) is 20.8 Å². The van der Waals surface area contributed by atoms with E-state index < -0.39 is 0 Å². The van der Waals surface area contributed by atoms with Crippen molar-refractivity contribution in [3.63, 3.8) is 0 Å². The van der Waals surface area contributed by atoms with Crippen LogP contribution in [0.3, 0.4) is 0 Å². The molecule has 0 spiro atoms. The van der Waals surface area contributed by atoms with E-state index in [0.29, 0.717) is 12.2 Å². The third kappa shape index (κ3) is 6.56. The molecule has 2 amide bonds. The largest absolute Gasteiger partial charge is 0.491 e. The fourth-order valence-corrected chi connectivity index (χ4v) is 3.60. The Balaban J connectivity index is 1.67. The number of nitrogens with one attached hydrogen (secondary N) is 2. The van der Waals surface area contributed by atoms with Crippen molar-refractivity contribution in [3.8, 4) is 5.75 Å². The van der Waals surface area contributed by atoms with Crippen LogP contribution < -0.4 is 15.4 Å². The Morgan fingerprint density at radius 1 is 1.03 bits per heavy atom. The van der Waals surface area contributed by atoms with E-state index in [2.05, 4.69) is 10.6 Å². The first-order valence-corrected chi connectivity index (χ1v) is 11.3. The van der Waals surface area contributed by atoms with E-state index >= 15 is 0 Å². The SMILES string of the molecule is Cc1ccc(C(=O)N/C(=C\c2cccs2)C(=O)N[C@@H](C)COc2ccc(C)c(C)c2)cc1. The predicted octanol–water partition coefficient (Wildman–Crippen LogP) is 5.03. The standard InChI is InChI=1S/C26H28N2O3S/c1-17-7-10-21(11-8-17)25(29)28-24(15-23-6-5-13-32-23)26(30)27-20(4)16-31-22-12-9-18(2)19(3)14-22/h5-15,20H,16H2,1-4H3,(H,27,30)(H,28,29)/b24-15-/t20-/m0/s1. The number of carbonyl (C=O) groups excluding carboxylic acids is 2. The topological polar surface area (TPSA) is 67.4 Å². The van der Waals surface area contributed by atoms with Gasteiger partial charge in [-0.15, -0.1) is 11.3 Å². The third-order valence-corrected chi connectivity index (χ3v) is 5.81. The second-order valence-corrected chi connectivity index (χ2v) is 8.80. The molecule has 0 saturated heterocycles. The Morgan fingerprint density at radius 2 is 1.78 bits per heavy atom. The molecule has 0 bridgehead atoms. The summed E-state index contributed by atoms with van der Waals surface area (Å²) in [6.45, 7) is 8.22. The van der Waals surface area contributed by atoms with Crippen molar-refractivity contribution < 1.29 is 14.3 Å². The molecule has 0 aliphatic heterocycles. The number of rotatable bonds is 8. The number of hydrogen-bond acceptors (Lipinski definition) is 4. The van der Waals surface area contributed by atoms with Gasteiger partial charge in [0.2, 0.25) is 0 Å². The summed E-state index contributed by atoms with van der Waals surface area (Å²) in [5.41, 5.74) is 4.10. The van der Waals surface area contributed by atoms with Crippen LogP contribution in [0.5, 0.6) is 5.75 Å². The van der Waals surface area contributed by atoms with Gasteiger partial charge in [-0.3, -0.25) is 9.59 Å². The lowest BCUT2D eigenvalue weighted by atomic mass is 10.1. The highest BCUT2D eigenvalue weighted by atomic mass is 32.1. The zero-order valence-electron chi connectivity index (χ0n) is 18.8. The monoisotopic (exact) mass is 448 g/mol.